The van der Waals surface area contributed by atoms with Crippen LogP contribution in [0.2, 0.25) is 0 Å². The number of carbonyl (C=O) groups excluding carboxylic acids is 2. The van der Waals surface area contributed by atoms with E-state index in [0.717, 1.165) is 25.2 Å². The van der Waals surface area contributed by atoms with Gasteiger partial charge in [-0.25, -0.2) is 0 Å². The average molecular weight is 260 g/mol. The second-order valence-corrected chi connectivity index (χ2v) is 4.88. The number of carbonyl (C=O) groups is 2. The summed E-state index contributed by atoms with van der Waals surface area (Å²) in [5, 5.41) is 2.55. The fraction of sp³-hybridized carbons (Fsp3) is 0.429. The van der Waals surface area contributed by atoms with E-state index in [9.17, 15) is 9.59 Å². The van der Waals surface area contributed by atoms with E-state index in [1.807, 2.05) is 12.1 Å². The molecule has 2 amide bonds. The van der Waals surface area contributed by atoms with Crippen molar-refractivity contribution in [1.29, 1.82) is 0 Å². The first-order chi connectivity index (χ1) is 9.22. The molecule has 1 aromatic rings. The molecule has 1 fully saturated rings. The normalized spacial score (nSPS) is 18.0. The zero-order valence-corrected chi connectivity index (χ0v) is 10.6. The van der Waals surface area contributed by atoms with Crippen LogP contribution in [0.25, 0.3) is 0 Å². The van der Waals surface area contributed by atoms with Crippen LogP contribution in [0.5, 0.6) is 5.75 Å². The molecule has 0 aliphatic carbocycles. The minimum Gasteiger partial charge on any atom is -0.493 e. The van der Waals surface area contributed by atoms with Gasteiger partial charge in [0.15, 0.2) is 0 Å². The molecule has 2 aliphatic rings. The Morgan fingerprint density at radius 3 is 3.11 bits per heavy atom. The summed E-state index contributed by atoms with van der Waals surface area (Å²) < 4.78 is 5.46. The summed E-state index contributed by atoms with van der Waals surface area (Å²) in [6.07, 6.45) is 1.72. The third-order valence-corrected chi connectivity index (χ3v) is 3.55. The molecule has 1 N–H and O–H groups in total. The fourth-order valence-electron chi connectivity index (χ4n) is 2.47. The Labute approximate surface area is 111 Å². The summed E-state index contributed by atoms with van der Waals surface area (Å²) in [7, 11) is 0. The fourth-order valence-corrected chi connectivity index (χ4v) is 2.47. The zero-order chi connectivity index (χ0) is 13.2. The minimum absolute atomic E-state index is 0.0101. The highest BCUT2D eigenvalue weighted by Crippen LogP contribution is 2.26. The number of rotatable bonds is 3. The largest absolute Gasteiger partial charge is 0.493 e. The maximum absolute atomic E-state index is 11.6. The zero-order valence-electron chi connectivity index (χ0n) is 10.6. The number of hydrogen-bond donors (Lipinski definition) is 1. The Morgan fingerprint density at radius 2 is 2.21 bits per heavy atom. The Bertz CT molecular complexity index is 527. The number of hydrogen-bond acceptors (Lipinski definition) is 3. The molecule has 1 aromatic carbocycles. The van der Waals surface area contributed by atoms with E-state index >= 15 is 0 Å². The van der Waals surface area contributed by atoms with Crippen LogP contribution in [0.3, 0.4) is 0 Å². The van der Waals surface area contributed by atoms with Gasteiger partial charge in [-0.15, -0.1) is 0 Å². The van der Waals surface area contributed by atoms with E-state index < -0.39 is 0 Å². The molecule has 5 heteroatoms. The monoisotopic (exact) mass is 260 g/mol. The molecule has 3 rings (SSSR count). The van der Waals surface area contributed by atoms with Crippen molar-refractivity contribution in [3.63, 3.8) is 0 Å². The summed E-state index contributed by atoms with van der Waals surface area (Å²) in [5.41, 5.74) is 2.42. The van der Waals surface area contributed by atoms with Gasteiger partial charge in [0, 0.05) is 13.0 Å². The molecule has 2 heterocycles. The van der Waals surface area contributed by atoms with Crippen LogP contribution >= 0.6 is 0 Å². The summed E-state index contributed by atoms with van der Waals surface area (Å²) in [5.74, 6) is 0.878. The Morgan fingerprint density at radius 1 is 1.32 bits per heavy atom. The van der Waals surface area contributed by atoms with Crippen molar-refractivity contribution in [2.75, 3.05) is 26.2 Å². The molecule has 2 aliphatic heterocycles. The number of benzene rings is 1. The summed E-state index contributed by atoms with van der Waals surface area (Å²) in [6, 6.07) is 6.15. The highest BCUT2D eigenvalue weighted by molar-refractivity contribution is 5.92. The lowest BCUT2D eigenvalue weighted by atomic mass is 10.1. The molecule has 0 saturated carbocycles. The van der Waals surface area contributed by atoms with Gasteiger partial charge in [-0.3, -0.25) is 9.59 Å². The Hall–Kier alpha value is -2.04. The van der Waals surface area contributed by atoms with Crippen LogP contribution in [0.4, 0.5) is 0 Å². The van der Waals surface area contributed by atoms with Crippen LogP contribution < -0.4 is 10.1 Å². The third kappa shape index (κ3) is 2.54. The first kappa shape index (κ1) is 12.0. The topological polar surface area (TPSA) is 58.6 Å². The van der Waals surface area contributed by atoms with Gasteiger partial charge >= 0.3 is 0 Å². The smallest absolute Gasteiger partial charge is 0.242 e. The van der Waals surface area contributed by atoms with Gasteiger partial charge in [-0.1, -0.05) is 12.1 Å². The maximum Gasteiger partial charge on any atom is 0.242 e. The third-order valence-electron chi connectivity index (χ3n) is 3.55. The van der Waals surface area contributed by atoms with Crippen molar-refractivity contribution in [2.45, 2.75) is 12.8 Å². The van der Waals surface area contributed by atoms with Crippen LogP contribution in [0.15, 0.2) is 18.2 Å². The molecular weight excluding hydrogens is 244 g/mol. The van der Waals surface area contributed by atoms with Crippen LogP contribution in [0.1, 0.15) is 11.1 Å². The van der Waals surface area contributed by atoms with Gasteiger partial charge in [0.1, 0.15) is 5.75 Å². The minimum atomic E-state index is -0.0815. The van der Waals surface area contributed by atoms with Crippen LogP contribution in [0, 0.1) is 0 Å². The number of nitrogens with zero attached hydrogens (tertiary/aromatic N) is 1. The van der Waals surface area contributed by atoms with E-state index in [0.29, 0.717) is 6.54 Å². The molecule has 1 saturated heterocycles. The molecule has 100 valence electrons. The van der Waals surface area contributed by atoms with E-state index in [1.165, 1.54) is 11.1 Å². The molecule has 0 unspecified atom stereocenters. The number of fused-ring (bicyclic) bond motifs is 1. The van der Waals surface area contributed by atoms with Gasteiger partial charge in [-0.2, -0.15) is 0 Å². The van der Waals surface area contributed by atoms with E-state index in [4.69, 9.17) is 4.74 Å². The molecule has 0 aromatic heterocycles. The van der Waals surface area contributed by atoms with Gasteiger partial charge in [-0.05, 0) is 23.6 Å². The first-order valence-electron chi connectivity index (χ1n) is 6.51. The van der Waals surface area contributed by atoms with E-state index in [-0.39, 0.29) is 24.9 Å². The average Bonchev–Trinajstić information content (AvgIpc) is 2.87. The van der Waals surface area contributed by atoms with Gasteiger partial charge in [0.05, 0.1) is 19.7 Å². The molecule has 19 heavy (non-hydrogen) atoms. The lowest BCUT2D eigenvalue weighted by molar-refractivity contribution is -0.140. The van der Waals surface area contributed by atoms with Crippen molar-refractivity contribution < 1.29 is 14.3 Å². The van der Waals surface area contributed by atoms with Gasteiger partial charge in [0.25, 0.3) is 0 Å². The maximum atomic E-state index is 11.6. The molecule has 0 radical (unpaired) electrons. The van der Waals surface area contributed by atoms with Gasteiger partial charge < -0.3 is 15.0 Å². The highest BCUT2D eigenvalue weighted by atomic mass is 16.5. The molecular formula is C14H16N2O3. The Balaban J connectivity index is 1.62. The molecule has 0 spiro atoms. The summed E-state index contributed by atoms with van der Waals surface area (Å²) in [4.78, 5) is 24.5. The highest BCUT2D eigenvalue weighted by Gasteiger charge is 2.22. The van der Waals surface area contributed by atoms with Crippen LogP contribution in [-0.4, -0.2) is 43.0 Å². The number of piperazine rings is 1. The van der Waals surface area contributed by atoms with Crippen molar-refractivity contribution >= 4 is 11.8 Å². The summed E-state index contributed by atoms with van der Waals surface area (Å²) in [6.45, 7) is 1.64. The number of nitrogens with one attached hydrogen (secondary N) is 1. The molecule has 0 bridgehead atoms. The Kier molecular flexibility index (Phi) is 3.11. The lowest BCUT2D eigenvalue weighted by Gasteiger charge is -2.26. The second-order valence-electron chi connectivity index (χ2n) is 4.88. The number of amides is 2. The molecule has 5 nitrogen and oxygen atoms in total. The first-order valence-corrected chi connectivity index (χ1v) is 6.51. The quantitative estimate of drug-likeness (QED) is 0.840. The lowest BCUT2D eigenvalue weighted by Crippen LogP contribution is -2.51. The standard InChI is InChI=1S/C14H16N2O3/c17-13-9-16(14(18)8-15-13)5-3-10-1-2-12-11(7-10)4-6-19-12/h1-2,7H,3-6,8-9H2,(H,15,17). The summed E-state index contributed by atoms with van der Waals surface area (Å²) >= 11 is 0. The van der Waals surface area contributed by atoms with E-state index in [1.54, 1.807) is 4.90 Å². The van der Waals surface area contributed by atoms with Crippen molar-refractivity contribution in [3.05, 3.63) is 29.3 Å². The van der Waals surface area contributed by atoms with E-state index in [2.05, 4.69) is 11.4 Å². The van der Waals surface area contributed by atoms with Crippen molar-refractivity contribution in [3.8, 4) is 5.75 Å². The SMILES string of the molecule is O=C1CN(CCc2ccc3c(c2)CCO3)C(=O)CN1. The van der Waals surface area contributed by atoms with Gasteiger partial charge in [0.2, 0.25) is 11.8 Å². The number of ether oxygens (including phenoxy) is 1. The van der Waals surface area contributed by atoms with Crippen molar-refractivity contribution in [1.82, 2.24) is 10.2 Å². The second kappa shape index (κ2) is 4.91. The molecule has 0 atom stereocenters. The van der Waals surface area contributed by atoms with Crippen LogP contribution in [-0.2, 0) is 22.4 Å². The predicted octanol–water partition coefficient (Wildman–Crippen LogP) is 0.122. The van der Waals surface area contributed by atoms with Crippen molar-refractivity contribution in [2.24, 2.45) is 0 Å². The predicted molar refractivity (Wildman–Crippen MR) is 68.9 cm³/mol.